The second-order valence-electron chi connectivity index (χ2n) is 3.10. The predicted molar refractivity (Wildman–Crippen MR) is 64.1 cm³/mol. The molecule has 0 amide bonds. The van der Waals surface area contributed by atoms with Gasteiger partial charge in [0.1, 0.15) is 11.6 Å². The Morgan fingerprint density at radius 2 is 1.94 bits per heavy atom. The average molecular weight is 280 g/mol. The van der Waals surface area contributed by atoms with Crippen LogP contribution in [-0.2, 0) is 6.54 Å². The summed E-state index contributed by atoms with van der Waals surface area (Å²) in [5.74, 6) is 1.93. The highest BCUT2D eigenvalue weighted by atomic mass is 79.9. The number of aromatic nitrogens is 2. The second-order valence-corrected chi connectivity index (χ2v) is 4.01. The number of hydrogen-bond acceptors (Lipinski definition) is 4. The Hall–Kier alpha value is -1.46. The molecule has 0 fully saturated rings. The van der Waals surface area contributed by atoms with E-state index in [2.05, 4.69) is 25.9 Å². The standard InChI is InChI=1S/C11H10BrN3O/c12-8-2-1-3-9(4-8)16-10-6-14-11(5-13)15-7-10/h1-4,6-7H,5,13H2. The number of halogens is 1. The van der Waals surface area contributed by atoms with Crippen LogP contribution in [0.2, 0.25) is 0 Å². The van der Waals surface area contributed by atoms with Gasteiger partial charge in [-0.05, 0) is 18.2 Å². The molecule has 2 aromatic rings. The van der Waals surface area contributed by atoms with E-state index in [0.29, 0.717) is 18.1 Å². The number of nitrogens with zero attached hydrogens (tertiary/aromatic N) is 2. The van der Waals surface area contributed by atoms with E-state index in [1.54, 1.807) is 12.4 Å². The van der Waals surface area contributed by atoms with Crippen molar-refractivity contribution in [1.29, 1.82) is 0 Å². The molecule has 2 rings (SSSR count). The Labute approximate surface area is 102 Å². The summed E-state index contributed by atoms with van der Waals surface area (Å²) in [7, 11) is 0. The topological polar surface area (TPSA) is 61.0 Å². The summed E-state index contributed by atoms with van der Waals surface area (Å²) >= 11 is 3.37. The quantitative estimate of drug-likeness (QED) is 0.938. The van der Waals surface area contributed by atoms with E-state index >= 15 is 0 Å². The Kier molecular flexibility index (Phi) is 3.48. The smallest absolute Gasteiger partial charge is 0.164 e. The van der Waals surface area contributed by atoms with E-state index < -0.39 is 0 Å². The zero-order valence-electron chi connectivity index (χ0n) is 8.43. The molecule has 0 unspecified atom stereocenters. The van der Waals surface area contributed by atoms with Crippen LogP contribution in [0.15, 0.2) is 41.1 Å². The largest absolute Gasteiger partial charge is 0.454 e. The van der Waals surface area contributed by atoms with Crippen molar-refractivity contribution >= 4 is 15.9 Å². The lowest BCUT2D eigenvalue weighted by Crippen LogP contribution is -2.02. The number of nitrogens with two attached hydrogens (primary N) is 1. The molecule has 2 N–H and O–H groups in total. The second kappa shape index (κ2) is 5.05. The van der Waals surface area contributed by atoms with Gasteiger partial charge in [-0.2, -0.15) is 0 Å². The Morgan fingerprint density at radius 1 is 1.19 bits per heavy atom. The van der Waals surface area contributed by atoms with Crippen molar-refractivity contribution in [2.24, 2.45) is 5.73 Å². The van der Waals surface area contributed by atoms with E-state index in [9.17, 15) is 0 Å². The molecule has 0 saturated heterocycles. The Morgan fingerprint density at radius 3 is 2.56 bits per heavy atom. The third-order valence-electron chi connectivity index (χ3n) is 1.90. The lowest BCUT2D eigenvalue weighted by molar-refractivity contribution is 0.476. The summed E-state index contributed by atoms with van der Waals surface area (Å²) < 4.78 is 6.53. The first-order valence-electron chi connectivity index (χ1n) is 4.72. The van der Waals surface area contributed by atoms with Crippen LogP contribution in [0.3, 0.4) is 0 Å². The summed E-state index contributed by atoms with van der Waals surface area (Å²) in [6.07, 6.45) is 3.21. The summed E-state index contributed by atoms with van der Waals surface area (Å²) in [6.45, 7) is 0.331. The molecule has 0 aliphatic heterocycles. The molecule has 16 heavy (non-hydrogen) atoms. The molecule has 82 valence electrons. The van der Waals surface area contributed by atoms with Crippen LogP contribution in [0.5, 0.6) is 11.5 Å². The van der Waals surface area contributed by atoms with E-state index in [1.165, 1.54) is 0 Å². The molecule has 1 aromatic heterocycles. The molecule has 0 aliphatic carbocycles. The van der Waals surface area contributed by atoms with Gasteiger partial charge < -0.3 is 10.5 Å². The number of benzene rings is 1. The van der Waals surface area contributed by atoms with Crippen LogP contribution in [0.4, 0.5) is 0 Å². The lowest BCUT2D eigenvalue weighted by Gasteiger charge is -2.05. The number of hydrogen-bond donors (Lipinski definition) is 1. The summed E-state index contributed by atoms with van der Waals surface area (Å²) in [5, 5.41) is 0. The SMILES string of the molecule is NCc1ncc(Oc2cccc(Br)c2)cn1. The average Bonchev–Trinajstić information content (AvgIpc) is 2.30. The minimum atomic E-state index is 0.331. The molecular weight excluding hydrogens is 270 g/mol. The Bertz CT molecular complexity index is 473. The van der Waals surface area contributed by atoms with E-state index in [1.807, 2.05) is 24.3 Å². The molecule has 0 aliphatic rings. The third kappa shape index (κ3) is 2.77. The van der Waals surface area contributed by atoms with Crippen LogP contribution in [0.1, 0.15) is 5.82 Å². The van der Waals surface area contributed by atoms with Crippen molar-refractivity contribution in [3.05, 3.63) is 47.0 Å². The first-order chi connectivity index (χ1) is 7.78. The molecule has 0 bridgehead atoms. The van der Waals surface area contributed by atoms with Crippen molar-refractivity contribution in [3.63, 3.8) is 0 Å². The lowest BCUT2D eigenvalue weighted by atomic mass is 10.3. The van der Waals surface area contributed by atoms with Gasteiger partial charge in [0.2, 0.25) is 0 Å². The summed E-state index contributed by atoms with van der Waals surface area (Å²) in [5.41, 5.74) is 5.40. The van der Waals surface area contributed by atoms with Crippen molar-refractivity contribution in [3.8, 4) is 11.5 Å². The third-order valence-corrected chi connectivity index (χ3v) is 2.39. The van der Waals surface area contributed by atoms with Crippen LogP contribution >= 0.6 is 15.9 Å². The molecule has 5 heteroatoms. The van der Waals surface area contributed by atoms with Crippen molar-refractivity contribution in [2.75, 3.05) is 0 Å². The van der Waals surface area contributed by atoms with Gasteiger partial charge in [-0.15, -0.1) is 0 Å². The predicted octanol–water partition coefficient (Wildman–Crippen LogP) is 2.49. The van der Waals surface area contributed by atoms with Crippen LogP contribution in [-0.4, -0.2) is 9.97 Å². The summed E-state index contributed by atoms with van der Waals surface area (Å²) in [4.78, 5) is 8.09. The molecule has 0 saturated carbocycles. The van der Waals surface area contributed by atoms with Gasteiger partial charge in [0.15, 0.2) is 5.75 Å². The van der Waals surface area contributed by atoms with Gasteiger partial charge in [0.25, 0.3) is 0 Å². The van der Waals surface area contributed by atoms with Crippen LogP contribution in [0, 0.1) is 0 Å². The normalized spacial score (nSPS) is 10.1. The van der Waals surface area contributed by atoms with Crippen molar-refractivity contribution in [1.82, 2.24) is 9.97 Å². The van der Waals surface area contributed by atoms with E-state index in [0.717, 1.165) is 10.2 Å². The highest BCUT2D eigenvalue weighted by Gasteiger charge is 1.99. The van der Waals surface area contributed by atoms with E-state index in [-0.39, 0.29) is 0 Å². The fraction of sp³-hybridized carbons (Fsp3) is 0.0909. The monoisotopic (exact) mass is 279 g/mol. The highest BCUT2D eigenvalue weighted by Crippen LogP contribution is 2.23. The van der Waals surface area contributed by atoms with Gasteiger partial charge in [-0.3, -0.25) is 0 Å². The van der Waals surface area contributed by atoms with Gasteiger partial charge >= 0.3 is 0 Å². The maximum absolute atomic E-state index is 5.56. The van der Waals surface area contributed by atoms with Gasteiger partial charge in [0.05, 0.1) is 18.9 Å². The summed E-state index contributed by atoms with van der Waals surface area (Å²) in [6, 6.07) is 7.56. The molecular formula is C11H10BrN3O. The maximum atomic E-state index is 5.56. The fourth-order valence-corrected chi connectivity index (χ4v) is 1.55. The zero-order chi connectivity index (χ0) is 11.4. The number of rotatable bonds is 3. The molecule has 0 atom stereocenters. The highest BCUT2D eigenvalue weighted by molar-refractivity contribution is 9.10. The molecule has 1 aromatic carbocycles. The van der Waals surface area contributed by atoms with Crippen molar-refractivity contribution < 1.29 is 4.74 Å². The fourth-order valence-electron chi connectivity index (χ4n) is 1.17. The van der Waals surface area contributed by atoms with Crippen LogP contribution < -0.4 is 10.5 Å². The molecule has 4 nitrogen and oxygen atoms in total. The van der Waals surface area contributed by atoms with Gasteiger partial charge in [-0.25, -0.2) is 9.97 Å². The van der Waals surface area contributed by atoms with Crippen LogP contribution in [0.25, 0.3) is 0 Å². The first kappa shape index (κ1) is 11.0. The van der Waals surface area contributed by atoms with Crippen molar-refractivity contribution in [2.45, 2.75) is 6.54 Å². The van der Waals surface area contributed by atoms with E-state index in [4.69, 9.17) is 10.5 Å². The maximum Gasteiger partial charge on any atom is 0.164 e. The molecule has 0 radical (unpaired) electrons. The zero-order valence-corrected chi connectivity index (χ0v) is 10.0. The van der Waals surface area contributed by atoms with Gasteiger partial charge in [-0.1, -0.05) is 22.0 Å². The number of ether oxygens (including phenoxy) is 1. The molecule has 0 spiro atoms. The minimum absolute atomic E-state index is 0.331. The first-order valence-corrected chi connectivity index (χ1v) is 5.51. The minimum Gasteiger partial charge on any atom is -0.454 e. The van der Waals surface area contributed by atoms with Gasteiger partial charge in [0, 0.05) is 4.47 Å². The molecule has 1 heterocycles. The Balaban J connectivity index is 2.14.